The van der Waals surface area contributed by atoms with Gasteiger partial charge >= 0.3 is 6.18 Å². The second-order valence-corrected chi connectivity index (χ2v) is 9.12. The highest BCUT2D eigenvalue weighted by molar-refractivity contribution is 5.83. The van der Waals surface area contributed by atoms with E-state index in [2.05, 4.69) is 36.5 Å². The Bertz CT molecular complexity index is 880. The van der Waals surface area contributed by atoms with E-state index in [0.29, 0.717) is 29.4 Å². The molecule has 0 aliphatic heterocycles. The number of aromatic nitrogens is 2. The van der Waals surface area contributed by atoms with Crippen LogP contribution in [0.5, 0.6) is 0 Å². The number of alkyl halides is 3. The molecule has 31 heavy (non-hydrogen) atoms. The smallest absolute Gasteiger partial charge is 0.379 e. The van der Waals surface area contributed by atoms with Gasteiger partial charge in [-0.1, -0.05) is 12.1 Å². The molecule has 3 rings (SSSR count). The molecule has 1 heterocycles. The molecule has 1 aliphatic rings. The second kappa shape index (κ2) is 9.00. The van der Waals surface area contributed by atoms with Crippen LogP contribution in [0.4, 0.5) is 24.7 Å². The summed E-state index contributed by atoms with van der Waals surface area (Å²) >= 11 is 0. The Balaban J connectivity index is 1.67. The molecule has 0 radical (unpaired) electrons. The molecular formula is C22H29F3N4O2. The highest BCUT2D eigenvalue weighted by atomic mass is 19.4. The molecule has 2 aromatic rings. The SMILES string of the molecule is CC(C)(C)NC1CCC(n2cc(C=O)c(Nc3ccc(C(O)C(F)(F)F)cc3)n2)CC1. The Morgan fingerprint density at radius 3 is 2.26 bits per heavy atom. The summed E-state index contributed by atoms with van der Waals surface area (Å²) < 4.78 is 39.7. The first-order valence-corrected chi connectivity index (χ1v) is 10.4. The van der Waals surface area contributed by atoms with Crippen LogP contribution in [0, 0.1) is 0 Å². The molecule has 1 fully saturated rings. The molecule has 1 aromatic carbocycles. The lowest BCUT2D eigenvalue weighted by Gasteiger charge is -2.34. The van der Waals surface area contributed by atoms with E-state index in [1.807, 2.05) is 0 Å². The molecule has 1 aliphatic carbocycles. The molecule has 6 nitrogen and oxygen atoms in total. The minimum absolute atomic E-state index is 0.0661. The van der Waals surface area contributed by atoms with Crippen molar-refractivity contribution in [2.45, 2.75) is 76.4 Å². The summed E-state index contributed by atoms with van der Waals surface area (Å²) in [6, 6.07) is 5.88. The first kappa shape index (κ1) is 23.3. The number of rotatable bonds is 6. The maximum atomic E-state index is 12.6. The molecule has 0 spiro atoms. The van der Waals surface area contributed by atoms with Crippen LogP contribution in [-0.4, -0.2) is 38.9 Å². The number of anilines is 2. The number of benzene rings is 1. The fourth-order valence-electron chi connectivity index (χ4n) is 3.95. The average molecular weight is 438 g/mol. The van der Waals surface area contributed by atoms with Gasteiger partial charge in [-0.3, -0.25) is 9.48 Å². The maximum Gasteiger partial charge on any atom is 0.418 e. The zero-order valence-electron chi connectivity index (χ0n) is 17.9. The Hall–Kier alpha value is -2.39. The summed E-state index contributed by atoms with van der Waals surface area (Å²) in [5.41, 5.74) is 0.676. The zero-order valence-corrected chi connectivity index (χ0v) is 17.9. The molecule has 1 aromatic heterocycles. The number of carbonyl (C=O) groups excluding carboxylic acids is 1. The first-order chi connectivity index (χ1) is 14.5. The highest BCUT2D eigenvalue weighted by Gasteiger charge is 2.39. The van der Waals surface area contributed by atoms with Crippen molar-refractivity contribution in [3.05, 3.63) is 41.6 Å². The van der Waals surface area contributed by atoms with Crippen LogP contribution >= 0.6 is 0 Å². The number of aliphatic hydroxyl groups excluding tert-OH is 1. The highest BCUT2D eigenvalue weighted by Crippen LogP contribution is 2.34. The standard InChI is InChI=1S/C22H29F3N4O2/c1-21(2,3)27-17-8-10-18(11-9-17)29-12-15(13-30)20(28-29)26-16-6-4-14(5-7-16)19(31)22(23,24)25/h4-7,12-13,17-19,27,31H,8-11H2,1-3H3,(H,26,28). The lowest BCUT2D eigenvalue weighted by molar-refractivity contribution is -0.206. The quantitative estimate of drug-likeness (QED) is 0.559. The van der Waals surface area contributed by atoms with Gasteiger partial charge in [-0.25, -0.2) is 0 Å². The summed E-state index contributed by atoms with van der Waals surface area (Å²) in [5.74, 6) is 0.356. The Morgan fingerprint density at radius 1 is 1.13 bits per heavy atom. The van der Waals surface area contributed by atoms with Gasteiger partial charge in [0.25, 0.3) is 0 Å². The van der Waals surface area contributed by atoms with E-state index in [4.69, 9.17) is 0 Å². The Kier molecular flexibility index (Phi) is 6.76. The molecule has 1 atom stereocenters. The topological polar surface area (TPSA) is 79.2 Å². The molecule has 9 heteroatoms. The van der Waals surface area contributed by atoms with Crippen LogP contribution in [0.15, 0.2) is 30.5 Å². The largest absolute Gasteiger partial charge is 0.418 e. The number of nitrogens with one attached hydrogen (secondary N) is 2. The predicted molar refractivity (Wildman–Crippen MR) is 113 cm³/mol. The van der Waals surface area contributed by atoms with E-state index in [9.17, 15) is 23.1 Å². The van der Waals surface area contributed by atoms with E-state index >= 15 is 0 Å². The Morgan fingerprint density at radius 2 is 1.74 bits per heavy atom. The maximum absolute atomic E-state index is 12.6. The number of carbonyl (C=O) groups is 1. The van der Waals surface area contributed by atoms with Crippen LogP contribution in [0.1, 0.15) is 74.5 Å². The summed E-state index contributed by atoms with van der Waals surface area (Å²) in [7, 11) is 0. The van der Waals surface area contributed by atoms with Crippen LogP contribution in [0.2, 0.25) is 0 Å². The predicted octanol–water partition coefficient (Wildman–Crippen LogP) is 4.91. The molecule has 3 N–H and O–H groups in total. The number of nitrogens with zero attached hydrogens (tertiary/aromatic N) is 2. The van der Waals surface area contributed by atoms with Crippen LogP contribution < -0.4 is 10.6 Å². The van der Waals surface area contributed by atoms with Crippen molar-refractivity contribution in [3.8, 4) is 0 Å². The minimum Gasteiger partial charge on any atom is -0.379 e. The van der Waals surface area contributed by atoms with Gasteiger partial charge < -0.3 is 15.7 Å². The van der Waals surface area contributed by atoms with E-state index in [0.717, 1.165) is 25.7 Å². The third-order valence-electron chi connectivity index (χ3n) is 5.39. The van der Waals surface area contributed by atoms with Gasteiger partial charge in [0.05, 0.1) is 11.6 Å². The fourth-order valence-corrected chi connectivity index (χ4v) is 3.95. The van der Waals surface area contributed by atoms with Gasteiger partial charge in [0.15, 0.2) is 18.2 Å². The van der Waals surface area contributed by atoms with Crippen molar-refractivity contribution in [3.63, 3.8) is 0 Å². The van der Waals surface area contributed by atoms with Crippen molar-refractivity contribution >= 4 is 17.8 Å². The van der Waals surface area contributed by atoms with E-state index in [1.165, 1.54) is 24.3 Å². The number of hydrogen-bond donors (Lipinski definition) is 3. The molecule has 170 valence electrons. The van der Waals surface area contributed by atoms with Gasteiger partial charge in [-0.2, -0.15) is 18.3 Å². The van der Waals surface area contributed by atoms with Crippen molar-refractivity contribution in [2.75, 3.05) is 5.32 Å². The van der Waals surface area contributed by atoms with Crippen molar-refractivity contribution < 1.29 is 23.1 Å². The lowest BCUT2D eigenvalue weighted by Crippen LogP contribution is -2.45. The fraction of sp³-hybridized carbons (Fsp3) is 0.545. The molecule has 0 amide bonds. The summed E-state index contributed by atoms with van der Waals surface area (Å²) in [5, 5.41) is 20.5. The molecule has 0 bridgehead atoms. The number of hydrogen-bond acceptors (Lipinski definition) is 5. The van der Waals surface area contributed by atoms with Crippen LogP contribution in [0.3, 0.4) is 0 Å². The van der Waals surface area contributed by atoms with E-state index in [1.54, 1.807) is 10.9 Å². The third-order valence-corrected chi connectivity index (χ3v) is 5.39. The summed E-state index contributed by atoms with van der Waals surface area (Å²) in [6.45, 7) is 6.45. The summed E-state index contributed by atoms with van der Waals surface area (Å²) in [4.78, 5) is 11.5. The molecular weight excluding hydrogens is 409 g/mol. The minimum atomic E-state index is -4.72. The van der Waals surface area contributed by atoms with Gasteiger partial charge in [-0.15, -0.1) is 0 Å². The van der Waals surface area contributed by atoms with E-state index in [-0.39, 0.29) is 17.1 Å². The van der Waals surface area contributed by atoms with Gasteiger partial charge in [0, 0.05) is 23.5 Å². The number of halogens is 3. The normalized spacial score (nSPS) is 21.0. The van der Waals surface area contributed by atoms with Crippen molar-refractivity contribution in [1.82, 2.24) is 15.1 Å². The van der Waals surface area contributed by atoms with E-state index < -0.39 is 12.3 Å². The van der Waals surface area contributed by atoms with Gasteiger partial charge in [0.2, 0.25) is 0 Å². The average Bonchev–Trinajstić information content (AvgIpc) is 3.09. The number of aldehydes is 1. The first-order valence-electron chi connectivity index (χ1n) is 10.4. The molecule has 1 saturated carbocycles. The molecule has 1 unspecified atom stereocenters. The number of aliphatic hydroxyl groups is 1. The van der Waals surface area contributed by atoms with Crippen molar-refractivity contribution in [2.24, 2.45) is 0 Å². The Labute approximate surface area is 179 Å². The third kappa shape index (κ3) is 6.07. The molecule has 0 saturated heterocycles. The lowest BCUT2D eigenvalue weighted by atomic mass is 9.89. The van der Waals surface area contributed by atoms with Crippen LogP contribution in [0.25, 0.3) is 0 Å². The van der Waals surface area contributed by atoms with Crippen molar-refractivity contribution in [1.29, 1.82) is 0 Å². The monoisotopic (exact) mass is 438 g/mol. The van der Waals surface area contributed by atoms with Gasteiger partial charge in [-0.05, 0) is 64.2 Å². The summed E-state index contributed by atoms with van der Waals surface area (Å²) in [6.07, 6.45) is -0.920. The second-order valence-electron chi connectivity index (χ2n) is 9.12. The zero-order chi connectivity index (χ0) is 22.8. The van der Waals surface area contributed by atoms with Gasteiger partial charge in [0.1, 0.15) is 0 Å². The van der Waals surface area contributed by atoms with Crippen LogP contribution in [-0.2, 0) is 0 Å².